The highest BCUT2D eigenvalue weighted by Gasteiger charge is 2.46. The first kappa shape index (κ1) is 19.9. The maximum atomic E-state index is 14.3. The van der Waals surface area contributed by atoms with Crippen LogP contribution in [0.1, 0.15) is 53.7 Å². The van der Waals surface area contributed by atoms with Gasteiger partial charge in [-0.25, -0.2) is 18.3 Å². The average Bonchev–Trinajstić information content (AvgIpc) is 3.28. The second kappa shape index (κ2) is 7.46. The molecule has 154 valence electrons. The highest BCUT2D eigenvalue weighted by Crippen LogP contribution is 2.37. The van der Waals surface area contributed by atoms with Crippen LogP contribution in [0.4, 0.5) is 8.78 Å². The lowest BCUT2D eigenvalue weighted by Gasteiger charge is -2.36. The fraction of sp³-hybridized carbons (Fsp3) is 0.450. The Balaban J connectivity index is 1.69. The van der Waals surface area contributed by atoms with Crippen LogP contribution in [0.15, 0.2) is 30.6 Å². The number of alkyl halides is 2. The number of nitrogens with one attached hydrogen (secondary N) is 1. The zero-order valence-corrected chi connectivity index (χ0v) is 17.0. The summed E-state index contributed by atoms with van der Waals surface area (Å²) in [4.78, 5) is 18.2. The molecule has 9 heteroatoms. The number of nitrogens with zero attached hydrogens (tertiary/aromatic N) is 3. The van der Waals surface area contributed by atoms with Gasteiger partial charge in [-0.1, -0.05) is 19.9 Å². The van der Waals surface area contributed by atoms with Crippen molar-refractivity contribution >= 4 is 22.8 Å². The normalized spacial score (nSPS) is 21.6. The minimum Gasteiger partial charge on any atom is -0.340 e. The van der Waals surface area contributed by atoms with E-state index in [0.29, 0.717) is 18.5 Å². The van der Waals surface area contributed by atoms with E-state index in [1.807, 2.05) is 38.2 Å². The van der Waals surface area contributed by atoms with Crippen LogP contribution in [0.2, 0.25) is 0 Å². The van der Waals surface area contributed by atoms with Gasteiger partial charge in [-0.2, -0.15) is 5.10 Å². The highest BCUT2D eigenvalue weighted by atomic mass is 32.1. The summed E-state index contributed by atoms with van der Waals surface area (Å²) in [6.45, 7) is 4.02. The number of aromatic nitrogens is 3. The quantitative estimate of drug-likeness (QED) is 0.673. The van der Waals surface area contributed by atoms with Crippen molar-refractivity contribution in [1.82, 2.24) is 19.9 Å². The Hall–Kier alpha value is -2.39. The molecule has 0 radical (unpaired) electrons. The van der Waals surface area contributed by atoms with Crippen molar-refractivity contribution in [1.29, 1.82) is 0 Å². The zero-order valence-electron chi connectivity index (χ0n) is 16.2. The van der Waals surface area contributed by atoms with E-state index in [0.717, 1.165) is 16.0 Å². The van der Waals surface area contributed by atoms with Crippen LogP contribution in [-0.4, -0.2) is 38.5 Å². The van der Waals surface area contributed by atoms with Crippen LogP contribution in [0.3, 0.4) is 0 Å². The fourth-order valence-electron chi connectivity index (χ4n) is 3.75. The van der Waals surface area contributed by atoms with Crippen molar-refractivity contribution in [3.63, 3.8) is 0 Å². The van der Waals surface area contributed by atoms with Crippen molar-refractivity contribution in [2.24, 2.45) is 5.73 Å². The van der Waals surface area contributed by atoms with Crippen molar-refractivity contribution in [2.45, 2.75) is 57.0 Å². The Morgan fingerprint density at radius 3 is 2.93 bits per heavy atom. The maximum Gasteiger partial charge on any atom is 0.280 e. The average molecular weight is 420 g/mol. The van der Waals surface area contributed by atoms with Crippen LogP contribution in [0.5, 0.6) is 0 Å². The van der Waals surface area contributed by atoms with E-state index in [9.17, 15) is 13.6 Å². The number of carbonyl (C=O) groups excluding carboxylic acids is 1. The molecule has 1 aliphatic rings. The van der Waals surface area contributed by atoms with Gasteiger partial charge >= 0.3 is 0 Å². The van der Waals surface area contributed by atoms with Gasteiger partial charge in [0.25, 0.3) is 11.8 Å². The number of fused-ring (bicyclic) bond motifs is 1. The third kappa shape index (κ3) is 3.64. The molecule has 29 heavy (non-hydrogen) atoms. The second-order valence-electron chi connectivity index (χ2n) is 7.74. The number of hydrogen-bond donors (Lipinski definition) is 2. The lowest BCUT2D eigenvalue weighted by Crippen LogP contribution is -2.59. The molecule has 1 fully saturated rings. The number of thiazole rings is 1. The van der Waals surface area contributed by atoms with Crippen LogP contribution in [0, 0.1) is 0 Å². The van der Waals surface area contributed by atoms with Gasteiger partial charge < -0.3 is 11.1 Å². The first-order valence-electron chi connectivity index (χ1n) is 9.65. The van der Waals surface area contributed by atoms with Gasteiger partial charge in [0.15, 0.2) is 5.01 Å². The van der Waals surface area contributed by atoms with Crippen molar-refractivity contribution in [3.8, 4) is 11.3 Å². The molecule has 6 nitrogen and oxygen atoms in total. The number of halogens is 2. The number of carbonyl (C=O) groups is 1. The van der Waals surface area contributed by atoms with E-state index in [-0.39, 0.29) is 17.3 Å². The Morgan fingerprint density at radius 2 is 2.21 bits per heavy atom. The van der Waals surface area contributed by atoms with Gasteiger partial charge in [0.1, 0.15) is 6.04 Å². The fourth-order valence-corrected chi connectivity index (χ4v) is 4.74. The van der Waals surface area contributed by atoms with Crippen LogP contribution in [-0.2, 0) is 0 Å². The number of nitrogens with two attached hydrogens (primary N) is 1. The van der Waals surface area contributed by atoms with E-state index in [4.69, 9.17) is 5.73 Å². The number of hydrogen-bond acceptors (Lipinski definition) is 5. The monoisotopic (exact) mass is 419 g/mol. The standard InChI is InChI=1S/C20H23F2N5OS/c1-11(2)16-15(12-10-24-27-9-4-3-7-14(12)27)25-19(29-16)18(28)26-17-13(23)6-5-8-20(17,21)22/h3-4,7,9-11,13,17H,5-6,8,23H2,1-2H3,(H,26,28)/t13-,17-/m1/s1. The molecular formula is C20H23F2N5OS. The van der Waals surface area contributed by atoms with Crippen molar-refractivity contribution < 1.29 is 13.6 Å². The Bertz CT molecular complexity index is 1040. The number of pyridine rings is 1. The lowest BCUT2D eigenvalue weighted by atomic mass is 9.87. The zero-order chi connectivity index (χ0) is 20.8. The van der Waals surface area contributed by atoms with Crippen LogP contribution >= 0.6 is 11.3 Å². The van der Waals surface area contributed by atoms with Crippen molar-refractivity contribution in [2.75, 3.05) is 0 Å². The molecule has 3 aromatic rings. The summed E-state index contributed by atoms with van der Waals surface area (Å²) in [6.07, 6.45) is 4.09. The molecule has 3 aromatic heterocycles. The summed E-state index contributed by atoms with van der Waals surface area (Å²) in [5, 5.41) is 6.95. The number of amides is 1. The highest BCUT2D eigenvalue weighted by molar-refractivity contribution is 7.14. The van der Waals surface area contributed by atoms with E-state index >= 15 is 0 Å². The van der Waals surface area contributed by atoms with Crippen LogP contribution < -0.4 is 11.1 Å². The van der Waals surface area contributed by atoms with Gasteiger partial charge in [-0.15, -0.1) is 11.3 Å². The summed E-state index contributed by atoms with van der Waals surface area (Å²) in [5.41, 5.74) is 8.22. The molecule has 0 saturated heterocycles. The Morgan fingerprint density at radius 1 is 1.41 bits per heavy atom. The molecule has 1 amide bonds. The third-order valence-corrected chi connectivity index (χ3v) is 6.63. The predicted molar refractivity (Wildman–Crippen MR) is 108 cm³/mol. The second-order valence-corrected chi connectivity index (χ2v) is 8.77. The minimum atomic E-state index is -3.02. The van der Waals surface area contributed by atoms with E-state index in [1.165, 1.54) is 11.3 Å². The smallest absolute Gasteiger partial charge is 0.280 e. The summed E-state index contributed by atoms with van der Waals surface area (Å²) < 4.78 is 30.3. The minimum absolute atomic E-state index is 0.112. The van der Waals surface area contributed by atoms with Gasteiger partial charge in [0.2, 0.25) is 0 Å². The van der Waals surface area contributed by atoms with E-state index < -0.39 is 23.9 Å². The van der Waals surface area contributed by atoms with Crippen LogP contribution in [0.25, 0.3) is 16.8 Å². The molecule has 0 unspecified atom stereocenters. The van der Waals surface area contributed by atoms with E-state index in [1.54, 1.807) is 10.7 Å². The van der Waals surface area contributed by atoms with Gasteiger partial charge in [-0.3, -0.25) is 4.79 Å². The molecule has 4 rings (SSSR count). The molecule has 2 atom stereocenters. The summed E-state index contributed by atoms with van der Waals surface area (Å²) in [5.74, 6) is -3.51. The van der Waals surface area contributed by atoms with Gasteiger partial charge in [0.05, 0.1) is 17.4 Å². The molecule has 0 aliphatic heterocycles. The Kier molecular flexibility index (Phi) is 5.12. The summed E-state index contributed by atoms with van der Waals surface area (Å²) in [7, 11) is 0. The lowest BCUT2D eigenvalue weighted by molar-refractivity contribution is -0.0674. The predicted octanol–water partition coefficient (Wildman–Crippen LogP) is 3.83. The molecule has 0 bridgehead atoms. The largest absolute Gasteiger partial charge is 0.340 e. The molecule has 1 saturated carbocycles. The first-order valence-corrected chi connectivity index (χ1v) is 10.5. The van der Waals surface area contributed by atoms with Gasteiger partial charge in [0, 0.05) is 29.1 Å². The first-order chi connectivity index (χ1) is 13.8. The summed E-state index contributed by atoms with van der Waals surface area (Å²) in [6, 6.07) is 3.55. The number of rotatable bonds is 4. The molecular weight excluding hydrogens is 396 g/mol. The molecule has 3 heterocycles. The maximum absolute atomic E-state index is 14.3. The van der Waals surface area contributed by atoms with Crippen molar-refractivity contribution in [3.05, 3.63) is 40.5 Å². The SMILES string of the molecule is CC(C)c1sc(C(=O)N[C@@H]2[C@H](N)CCCC2(F)F)nc1-c1cnn2ccccc12. The third-order valence-electron chi connectivity index (χ3n) is 5.27. The van der Waals surface area contributed by atoms with E-state index in [2.05, 4.69) is 15.4 Å². The Labute approximate surface area is 171 Å². The molecule has 0 aromatic carbocycles. The summed E-state index contributed by atoms with van der Waals surface area (Å²) >= 11 is 1.23. The molecule has 0 spiro atoms. The molecule has 1 aliphatic carbocycles. The topological polar surface area (TPSA) is 85.3 Å². The van der Waals surface area contributed by atoms with Gasteiger partial charge in [-0.05, 0) is 30.9 Å². The molecule has 3 N–H and O–H groups in total.